The number of benzene rings is 1. The van der Waals surface area contributed by atoms with Crippen LogP contribution in [0.4, 0.5) is 5.69 Å². The molecule has 1 aliphatic heterocycles. The molecule has 0 aromatic heterocycles. The number of sulfone groups is 1. The first-order valence-electron chi connectivity index (χ1n) is 5.51. The monoisotopic (exact) mass is 270 g/mol. The van der Waals surface area contributed by atoms with Crippen molar-refractivity contribution in [1.82, 2.24) is 4.90 Å². The maximum absolute atomic E-state index is 11.2. The summed E-state index contributed by atoms with van der Waals surface area (Å²) in [5, 5.41) is 10.2. The van der Waals surface area contributed by atoms with Crippen LogP contribution in [0.5, 0.6) is 0 Å². The molecule has 2 rings (SSSR count). The first-order chi connectivity index (χ1) is 8.36. The van der Waals surface area contributed by atoms with Gasteiger partial charge >= 0.3 is 0 Å². The quantitative estimate of drug-likeness (QED) is 0.598. The summed E-state index contributed by atoms with van der Waals surface area (Å²) < 4.78 is 22.5. The molecular weight excluding hydrogens is 256 g/mol. The largest absolute Gasteiger partial charge is 0.296 e. The van der Waals surface area contributed by atoms with Crippen LogP contribution in [0.2, 0.25) is 0 Å². The highest BCUT2D eigenvalue weighted by Crippen LogP contribution is 2.19. The van der Waals surface area contributed by atoms with Crippen LogP contribution >= 0.6 is 0 Å². The Kier molecular flexibility index (Phi) is 3.36. The van der Waals surface area contributed by atoms with Gasteiger partial charge in [0.1, 0.15) is 0 Å². The molecule has 0 spiro atoms. The lowest BCUT2D eigenvalue weighted by molar-refractivity contribution is -0.384. The van der Waals surface area contributed by atoms with Crippen molar-refractivity contribution < 1.29 is 13.3 Å². The molecule has 1 aliphatic rings. The lowest BCUT2D eigenvalue weighted by Gasteiger charge is -2.37. The molecule has 6 nitrogen and oxygen atoms in total. The molecule has 0 unspecified atom stereocenters. The van der Waals surface area contributed by atoms with Gasteiger partial charge in [0.15, 0.2) is 9.84 Å². The molecule has 0 bridgehead atoms. The molecule has 1 fully saturated rings. The smallest absolute Gasteiger partial charge is 0.269 e. The summed E-state index contributed by atoms with van der Waals surface area (Å²) in [7, 11) is -2.94. The van der Waals surface area contributed by atoms with E-state index in [4.69, 9.17) is 0 Å². The van der Waals surface area contributed by atoms with Crippen LogP contribution in [0.25, 0.3) is 0 Å². The van der Waals surface area contributed by atoms with Gasteiger partial charge in [0, 0.05) is 38.0 Å². The van der Waals surface area contributed by atoms with Gasteiger partial charge in [-0.2, -0.15) is 0 Å². The zero-order chi connectivity index (χ0) is 13.3. The molecule has 1 aromatic carbocycles. The van der Waals surface area contributed by atoms with E-state index < -0.39 is 14.8 Å². The Labute approximate surface area is 105 Å². The number of non-ortho nitro benzene ring substituents is 1. The molecule has 0 aliphatic carbocycles. The fraction of sp³-hybridized carbons (Fsp3) is 0.455. The second-order valence-electron chi connectivity index (χ2n) is 4.57. The van der Waals surface area contributed by atoms with Gasteiger partial charge in [-0.05, 0) is 5.56 Å². The van der Waals surface area contributed by atoms with E-state index in [0.29, 0.717) is 19.6 Å². The Morgan fingerprint density at radius 3 is 2.33 bits per heavy atom. The summed E-state index contributed by atoms with van der Waals surface area (Å²) >= 11 is 0. The molecule has 7 heteroatoms. The van der Waals surface area contributed by atoms with E-state index in [1.54, 1.807) is 12.1 Å². The standard InChI is InChI=1S/C11H14N2O4S/c1-18(16,17)11-7-12(8-11)6-9-2-4-10(5-3-9)13(14)15/h2-5,11H,6-8H2,1H3. The molecule has 0 atom stereocenters. The second kappa shape index (κ2) is 4.66. The summed E-state index contributed by atoms with van der Waals surface area (Å²) in [6.45, 7) is 1.70. The molecule has 1 aromatic rings. The molecule has 0 radical (unpaired) electrons. The molecular formula is C11H14N2O4S. The van der Waals surface area contributed by atoms with Gasteiger partial charge in [-0.15, -0.1) is 0 Å². The van der Waals surface area contributed by atoms with E-state index in [1.807, 2.05) is 4.90 Å². The normalized spacial score (nSPS) is 17.4. The first kappa shape index (κ1) is 13.0. The van der Waals surface area contributed by atoms with Gasteiger partial charge in [0.05, 0.1) is 10.2 Å². The van der Waals surface area contributed by atoms with Gasteiger partial charge < -0.3 is 0 Å². The third kappa shape index (κ3) is 2.85. The van der Waals surface area contributed by atoms with Gasteiger partial charge in [-0.1, -0.05) is 12.1 Å². The van der Waals surface area contributed by atoms with Crippen molar-refractivity contribution in [2.75, 3.05) is 19.3 Å². The average Bonchev–Trinajstić information content (AvgIpc) is 2.21. The third-order valence-electron chi connectivity index (χ3n) is 3.08. The highest BCUT2D eigenvalue weighted by Gasteiger charge is 2.34. The van der Waals surface area contributed by atoms with Crippen molar-refractivity contribution in [3.8, 4) is 0 Å². The van der Waals surface area contributed by atoms with Crippen LogP contribution in [0.1, 0.15) is 5.56 Å². The van der Waals surface area contributed by atoms with Crippen LogP contribution in [0.15, 0.2) is 24.3 Å². The Bertz CT molecular complexity index is 547. The third-order valence-corrected chi connectivity index (χ3v) is 4.59. The highest BCUT2D eigenvalue weighted by molar-refractivity contribution is 7.91. The molecule has 1 heterocycles. The van der Waals surface area contributed by atoms with Crippen molar-refractivity contribution in [2.45, 2.75) is 11.8 Å². The van der Waals surface area contributed by atoms with Crippen LogP contribution in [-0.2, 0) is 16.4 Å². The van der Waals surface area contributed by atoms with Crippen molar-refractivity contribution in [3.05, 3.63) is 39.9 Å². The lowest BCUT2D eigenvalue weighted by atomic mass is 10.1. The van der Waals surface area contributed by atoms with Gasteiger partial charge in [-0.3, -0.25) is 15.0 Å². The minimum absolute atomic E-state index is 0.0661. The number of nitro benzene ring substituents is 1. The molecule has 1 saturated heterocycles. The lowest BCUT2D eigenvalue weighted by Crippen LogP contribution is -2.53. The Morgan fingerprint density at radius 2 is 1.89 bits per heavy atom. The SMILES string of the molecule is CS(=O)(=O)C1CN(Cc2ccc([N+](=O)[O-])cc2)C1. The Balaban J connectivity index is 1.91. The number of nitro groups is 1. The zero-order valence-electron chi connectivity index (χ0n) is 9.94. The second-order valence-corrected chi connectivity index (χ2v) is 6.89. The Morgan fingerprint density at radius 1 is 1.33 bits per heavy atom. The molecule has 0 N–H and O–H groups in total. The van der Waals surface area contributed by atoms with Crippen LogP contribution < -0.4 is 0 Å². The highest BCUT2D eigenvalue weighted by atomic mass is 32.2. The first-order valence-corrected chi connectivity index (χ1v) is 7.46. The predicted molar refractivity (Wildman–Crippen MR) is 67.0 cm³/mol. The molecule has 98 valence electrons. The van der Waals surface area contributed by atoms with E-state index in [9.17, 15) is 18.5 Å². The minimum atomic E-state index is -2.94. The summed E-state index contributed by atoms with van der Waals surface area (Å²) in [5.41, 5.74) is 1.02. The van der Waals surface area contributed by atoms with Crippen molar-refractivity contribution in [2.24, 2.45) is 0 Å². The van der Waals surface area contributed by atoms with E-state index in [0.717, 1.165) is 5.56 Å². The van der Waals surface area contributed by atoms with Crippen LogP contribution in [0, 0.1) is 10.1 Å². The fourth-order valence-electron chi connectivity index (χ4n) is 1.90. The van der Waals surface area contributed by atoms with Crippen LogP contribution in [0.3, 0.4) is 0 Å². The van der Waals surface area contributed by atoms with E-state index in [1.165, 1.54) is 18.4 Å². The maximum atomic E-state index is 11.2. The summed E-state index contributed by atoms with van der Waals surface area (Å²) in [5.74, 6) is 0. The van der Waals surface area contributed by atoms with E-state index in [2.05, 4.69) is 0 Å². The molecule has 0 amide bonds. The number of hydrogen-bond acceptors (Lipinski definition) is 5. The molecule has 18 heavy (non-hydrogen) atoms. The maximum Gasteiger partial charge on any atom is 0.269 e. The summed E-state index contributed by atoms with van der Waals surface area (Å²) in [6.07, 6.45) is 1.25. The van der Waals surface area contributed by atoms with Crippen molar-refractivity contribution >= 4 is 15.5 Å². The molecule has 0 saturated carbocycles. The Hall–Kier alpha value is -1.47. The van der Waals surface area contributed by atoms with E-state index in [-0.39, 0.29) is 10.9 Å². The number of hydrogen-bond donors (Lipinski definition) is 0. The minimum Gasteiger partial charge on any atom is -0.296 e. The van der Waals surface area contributed by atoms with E-state index >= 15 is 0 Å². The topological polar surface area (TPSA) is 80.5 Å². The van der Waals surface area contributed by atoms with Gasteiger partial charge in [-0.25, -0.2) is 8.42 Å². The number of likely N-dealkylation sites (tertiary alicyclic amines) is 1. The predicted octanol–water partition coefficient (Wildman–Crippen LogP) is 0.824. The van der Waals surface area contributed by atoms with Crippen molar-refractivity contribution in [1.29, 1.82) is 0 Å². The summed E-state index contributed by atoms with van der Waals surface area (Å²) in [4.78, 5) is 12.1. The number of nitrogens with zero attached hydrogens (tertiary/aromatic N) is 2. The van der Waals surface area contributed by atoms with Crippen LogP contribution in [-0.4, -0.2) is 42.8 Å². The number of rotatable bonds is 4. The average molecular weight is 270 g/mol. The van der Waals surface area contributed by atoms with Gasteiger partial charge in [0.2, 0.25) is 0 Å². The summed E-state index contributed by atoms with van der Waals surface area (Å²) in [6, 6.07) is 6.32. The van der Waals surface area contributed by atoms with Crippen molar-refractivity contribution in [3.63, 3.8) is 0 Å². The fourth-order valence-corrected chi connectivity index (χ4v) is 2.87. The van der Waals surface area contributed by atoms with Gasteiger partial charge in [0.25, 0.3) is 5.69 Å². The zero-order valence-corrected chi connectivity index (χ0v) is 10.8.